The number of nitrogens with zero attached hydrogens (tertiary/aromatic N) is 5. The highest BCUT2D eigenvalue weighted by Crippen LogP contribution is 2.06. The topological polar surface area (TPSA) is 101 Å². The van der Waals surface area contributed by atoms with E-state index in [1.165, 1.54) is 10.7 Å². The Kier molecular flexibility index (Phi) is 2.67. The van der Waals surface area contributed by atoms with E-state index in [9.17, 15) is 4.79 Å². The molecule has 0 aliphatic rings. The van der Waals surface area contributed by atoms with Crippen molar-refractivity contribution in [3.05, 3.63) is 46.7 Å². The van der Waals surface area contributed by atoms with Crippen LogP contribution in [0.2, 0.25) is 0 Å². The minimum absolute atomic E-state index is 0.305. The van der Waals surface area contributed by atoms with Crippen molar-refractivity contribution in [2.45, 2.75) is 13.5 Å². The number of anilines is 1. The molecule has 3 heterocycles. The number of aryl methyl sites for hydroxylation is 1. The fourth-order valence-corrected chi connectivity index (χ4v) is 1.69. The normalized spacial score (nSPS) is 10.8. The summed E-state index contributed by atoms with van der Waals surface area (Å²) in [6.45, 7) is 2.37. The van der Waals surface area contributed by atoms with Gasteiger partial charge < -0.3 is 5.32 Å². The van der Waals surface area contributed by atoms with Gasteiger partial charge in [0.2, 0.25) is 0 Å². The second kappa shape index (κ2) is 4.48. The van der Waals surface area contributed by atoms with Crippen molar-refractivity contribution in [2.75, 3.05) is 5.32 Å². The van der Waals surface area contributed by atoms with Gasteiger partial charge in [-0.3, -0.25) is 0 Å². The van der Waals surface area contributed by atoms with Crippen LogP contribution in [-0.4, -0.2) is 29.5 Å². The van der Waals surface area contributed by atoms with Crippen LogP contribution in [0.25, 0.3) is 5.65 Å². The SMILES string of the molecule is Cc1nccc(CNc2cc3n[nH]c(=O)n3cn2)n1. The first-order chi connectivity index (χ1) is 9.22. The Hall–Kier alpha value is -2.77. The molecular weight excluding hydrogens is 246 g/mol. The molecule has 0 saturated carbocycles. The van der Waals surface area contributed by atoms with Crippen molar-refractivity contribution in [1.29, 1.82) is 0 Å². The molecule has 0 atom stereocenters. The van der Waals surface area contributed by atoms with Gasteiger partial charge in [-0.05, 0) is 13.0 Å². The fourth-order valence-electron chi connectivity index (χ4n) is 1.69. The molecule has 0 amide bonds. The third-order valence-corrected chi connectivity index (χ3v) is 2.59. The van der Waals surface area contributed by atoms with Crippen molar-refractivity contribution in [1.82, 2.24) is 29.5 Å². The lowest BCUT2D eigenvalue weighted by Gasteiger charge is -2.05. The predicted octanol–water partition coefficient (Wildman–Crippen LogP) is 0.128. The van der Waals surface area contributed by atoms with Crippen LogP contribution in [0.15, 0.2) is 29.5 Å². The van der Waals surface area contributed by atoms with Gasteiger partial charge >= 0.3 is 5.69 Å². The van der Waals surface area contributed by atoms with E-state index in [4.69, 9.17) is 0 Å². The Morgan fingerprint density at radius 1 is 1.42 bits per heavy atom. The van der Waals surface area contributed by atoms with Crippen LogP contribution in [0.3, 0.4) is 0 Å². The van der Waals surface area contributed by atoms with Crippen molar-refractivity contribution < 1.29 is 0 Å². The Labute approximate surface area is 107 Å². The third-order valence-electron chi connectivity index (χ3n) is 2.59. The molecule has 8 heteroatoms. The molecule has 0 saturated heterocycles. The zero-order chi connectivity index (χ0) is 13.2. The van der Waals surface area contributed by atoms with Crippen LogP contribution >= 0.6 is 0 Å². The largest absolute Gasteiger partial charge is 0.364 e. The number of aromatic amines is 1. The van der Waals surface area contributed by atoms with Crippen LogP contribution in [0.1, 0.15) is 11.5 Å². The number of H-pyrrole nitrogens is 1. The van der Waals surface area contributed by atoms with Gasteiger partial charge in [0.15, 0.2) is 5.65 Å². The molecule has 0 unspecified atom stereocenters. The Morgan fingerprint density at radius 3 is 3.16 bits per heavy atom. The van der Waals surface area contributed by atoms with Gasteiger partial charge in [-0.1, -0.05) is 0 Å². The summed E-state index contributed by atoms with van der Waals surface area (Å²) in [4.78, 5) is 23.7. The Morgan fingerprint density at radius 2 is 2.32 bits per heavy atom. The van der Waals surface area contributed by atoms with Gasteiger partial charge in [0, 0.05) is 12.3 Å². The monoisotopic (exact) mass is 257 g/mol. The Bertz CT molecular complexity index is 776. The van der Waals surface area contributed by atoms with Crippen molar-refractivity contribution in [2.24, 2.45) is 0 Å². The highest BCUT2D eigenvalue weighted by molar-refractivity contribution is 5.48. The van der Waals surface area contributed by atoms with Crippen LogP contribution in [-0.2, 0) is 6.54 Å². The number of nitrogens with one attached hydrogen (secondary N) is 2. The van der Waals surface area contributed by atoms with E-state index in [0.29, 0.717) is 18.0 Å². The van der Waals surface area contributed by atoms with E-state index in [1.54, 1.807) is 12.3 Å². The fraction of sp³-hybridized carbons (Fsp3) is 0.182. The van der Waals surface area contributed by atoms with Gasteiger partial charge in [-0.15, -0.1) is 0 Å². The molecule has 96 valence electrons. The zero-order valence-electron chi connectivity index (χ0n) is 10.2. The van der Waals surface area contributed by atoms with Gasteiger partial charge in [-0.25, -0.2) is 29.2 Å². The molecule has 3 aromatic heterocycles. The van der Waals surface area contributed by atoms with Gasteiger partial charge in [-0.2, -0.15) is 5.10 Å². The summed E-state index contributed by atoms with van der Waals surface area (Å²) in [5.41, 5.74) is 1.08. The highest BCUT2D eigenvalue weighted by Gasteiger charge is 2.02. The molecule has 0 spiro atoms. The molecule has 8 nitrogen and oxygen atoms in total. The molecule has 0 fully saturated rings. The van der Waals surface area contributed by atoms with Crippen LogP contribution < -0.4 is 11.0 Å². The molecule has 0 radical (unpaired) electrons. The molecular formula is C11H11N7O. The maximum Gasteiger partial charge on any atom is 0.348 e. The van der Waals surface area contributed by atoms with E-state index >= 15 is 0 Å². The second-order valence-electron chi connectivity index (χ2n) is 3.98. The number of rotatable bonds is 3. The molecule has 19 heavy (non-hydrogen) atoms. The maximum absolute atomic E-state index is 11.3. The average Bonchev–Trinajstić information content (AvgIpc) is 2.78. The van der Waals surface area contributed by atoms with Gasteiger partial charge in [0.25, 0.3) is 0 Å². The summed E-state index contributed by atoms with van der Waals surface area (Å²) in [6.07, 6.45) is 3.14. The molecule has 3 rings (SSSR count). The molecule has 0 bridgehead atoms. The third kappa shape index (κ3) is 2.28. The molecule has 2 N–H and O–H groups in total. The first kappa shape index (κ1) is 11.3. The van der Waals surface area contributed by atoms with Crippen LogP contribution in [0.5, 0.6) is 0 Å². The molecule has 3 aromatic rings. The zero-order valence-corrected chi connectivity index (χ0v) is 10.2. The maximum atomic E-state index is 11.3. The Balaban J connectivity index is 1.80. The summed E-state index contributed by atoms with van der Waals surface area (Å²) < 4.78 is 1.33. The number of aromatic nitrogens is 6. The number of fused-ring (bicyclic) bond motifs is 1. The van der Waals surface area contributed by atoms with Crippen LogP contribution in [0.4, 0.5) is 5.82 Å². The lowest BCUT2D eigenvalue weighted by molar-refractivity contribution is 0.943. The first-order valence-corrected chi connectivity index (χ1v) is 5.67. The quantitative estimate of drug-likeness (QED) is 0.691. The predicted molar refractivity (Wildman–Crippen MR) is 67.7 cm³/mol. The summed E-state index contributed by atoms with van der Waals surface area (Å²) >= 11 is 0. The summed E-state index contributed by atoms with van der Waals surface area (Å²) in [7, 11) is 0. The first-order valence-electron chi connectivity index (χ1n) is 5.67. The van der Waals surface area contributed by atoms with Crippen LogP contribution in [0, 0.1) is 6.92 Å². The summed E-state index contributed by atoms with van der Waals surface area (Å²) in [5, 5.41) is 9.34. The van der Waals surface area contributed by atoms with Crippen molar-refractivity contribution >= 4 is 11.5 Å². The van der Waals surface area contributed by atoms with E-state index in [0.717, 1.165) is 11.5 Å². The minimum atomic E-state index is -0.305. The second-order valence-corrected chi connectivity index (χ2v) is 3.98. The highest BCUT2D eigenvalue weighted by atomic mass is 16.1. The van der Waals surface area contributed by atoms with E-state index in [1.807, 2.05) is 13.0 Å². The van der Waals surface area contributed by atoms with Gasteiger partial charge in [0.1, 0.15) is 18.0 Å². The molecule has 0 aliphatic carbocycles. The lowest BCUT2D eigenvalue weighted by atomic mass is 10.4. The minimum Gasteiger partial charge on any atom is -0.364 e. The summed E-state index contributed by atoms with van der Waals surface area (Å²) in [6, 6.07) is 3.52. The van der Waals surface area contributed by atoms with Gasteiger partial charge in [0.05, 0.1) is 12.2 Å². The van der Waals surface area contributed by atoms with E-state index in [2.05, 4.69) is 30.5 Å². The van der Waals surface area contributed by atoms with Crippen molar-refractivity contribution in [3.63, 3.8) is 0 Å². The average molecular weight is 257 g/mol. The standard InChI is InChI=1S/C11H11N7O/c1-7-12-3-2-8(15-7)5-13-9-4-10-16-17-11(19)18(10)6-14-9/h2-4,6,13H,5H2,1H3,(H,17,19). The molecule has 0 aliphatic heterocycles. The molecule has 0 aromatic carbocycles. The smallest absolute Gasteiger partial charge is 0.348 e. The van der Waals surface area contributed by atoms with E-state index in [-0.39, 0.29) is 5.69 Å². The number of hydrogen-bond acceptors (Lipinski definition) is 6. The number of hydrogen-bond donors (Lipinski definition) is 2. The van der Waals surface area contributed by atoms with Crippen molar-refractivity contribution in [3.8, 4) is 0 Å². The summed E-state index contributed by atoms with van der Waals surface area (Å²) in [5.74, 6) is 1.35. The lowest BCUT2D eigenvalue weighted by Crippen LogP contribution is -2.10. The van der Waals surface area contributed by atoms with E-state index < -0.39 is 0 Å².